The normalized spacial score (nSPS) is 13.2. The summed E-state index contributed by atoms with van der Waals surface area (Å²) in [5, 5.41) is 9.90. The lowest BCUT2D eigenvalue weighted by molar-refractivity contribution is -0.149. The maximum Gasteiger partial charge on any atom is 0.308 e. The molecule has 0 amide bonds. The molecule has 2 unspecified atom stereocenters. The van der Waals surface area contributed by atoms with E-state index in [1.54, 1.807) is 0 Å². The molecule has 0 aliphatic rings. The Kier molecular flexibility index (Phi) is 36.3. The first-order valence-corrected chi connectivity index (χ1v) is 20.8. The smallest absolute Gasteiger partial charge is 0.308 e. The van der Waals surface area contributed by atoms with Gasteiger partial charge in [-0.15, -0.1) is 0 Å². The van der Waals surface area contributed by atoms with E-state index in [4.69, 9.17) is 4.74 Å². The van der Waals surface area contributed by atoms with Crippen LogP contribution in [0.2, 0.25) is 0 Å². The Morgan fingerprint density at radius 1 is 0.543 bits per heavy atom. The van der Waals surface area contributed by atoms with Crippen LogP contribution in [-0.2, 0) is 9.53 Å². The van der Waals surface area contributed by atoms with E-state index in [0.717, 1.165) is 58.0 Å². The molecule has 0 aliphatic heterocycles. The SMILES string of the molecule is CCCCCCCCC=CCCCCCCCCN(CCO)C(CCCC)CCCC(CCCCCC)C(=O)OCCCCCC. The number of hydrogen-bond donors (Lipinski definition) is 1. The van der Waals surface area contributed by atoms with Crippen LogP contribution in [0.25, 0.3) is 0 Å². The van der Waals surface area contributed by atoms with Gasteiger partial charge >= 0.3 is 5.97 Å². The number of carbonyl (C=O) groups is 1. The number of carbonyl (C=O) groups excluding carboxylic acids is 1. The van der Waals surface area contributed by atoms with Crippen molar-refractivity contribution in [3.05, 3.63) is 12.2 Å². The van der Waals surface area contributed by atoms with Gasteiger partial charge in [0.05, 0.1) is 19.1 Å². The van der Waals surface area contributed by atoms with E-state index in [9.17, 15) is 9.90 Å². The summed E-state index contributed by atoms with van der Waals surface area (Å²) >= 11 is 0. The molecule has 4 nitrogen and oxygen atoms in total. The minimum Gasteiger partial charge on any atom is -0.465 e. The van der Waals surface area contributed by atoms with Crippen LogP contribution >= 0.6 is 0 Å². The fourth-order valence-electron chi connectivity index (χ4n) is 6.73. The minimum atomic E-state index is 0.0505. The van der Waals surface area contributed by atoms with Crippen molar-refractivity contribution < 1.29 is 14.6 Å². The molecule has 0 heterocycles. The Morgan fingerprint density at radius 3 is 1.61 bits per heavy atom. The largest absolute Gasteiger partial charge is 0.465 e. The van der Waals surface area contributed by atoms with Crippen LogP contribution in [0.5, 0.6) is 0 Å². The van der Waals surface area contributed by atoms with Gasteiger partial charge in [0, 0.05) is 12.6 Å². The van der Waals surface area contributed by atoms with Crippen molar-refractivity contribution in [2.45, 2.75) is 220 Å². The molecule has 0 aromatic heterocycles. The second kappa shape index (κ2) is 37.0. The molecule has 46 heavy (non-hydrogen) atoms. The molecule has 0 saturated heterocycles. The highest BCUT2D eigenvalue weighted by Gasteiger charge is 2.22. The predicted molar refractivity (Wildman–Crippen MR) is 203 cm³/mol. The van der Waals surface area contributed by atoms with Crippen molar-refractivity contribution >= 4 is 5.97 Å². The van der Waals surface area contributed by atoms with Gasteiger partial charge in [0.15, 0.2) is 0 Å². The molecule has 1 N–H and O–H groups in total. The lowest BCUT2D eigenvalue weighted by Crippen LogP contribution is -2.38. The maximum atomic E-state index is 13.0. The molecule has 274 valence electrons. The molecule has 0 aromatic rings. The number of unbranched alkanes of at least 4 members (excludes halogenated alkanes) is 19. The standard InChI is InChI=1S/C42H83NO3/c1-5-9-13-16-17-18-19-20-21-22-23-24-25-26-27-29-36-43(37-38-44)41(34-12-8-4)35-31-33-40(32-28-14-10-6-2)42(45)46-39-30-15-11-7-3/h20-21,40-41,44H,5-19,22-39H2,1-4H3. The Labute approximate surface area is 289 Å². The highest BCUT2D eigenvalue weighted by molar-refractivity contribution is 5.72. The zero-order valence-electron chi connectivity index (χ0n) is 31.9. The first-order chi connectivity index (χ1) is 22.6. The van der Waals surface area contributed by atoms with Crippen LogP contribution in [0.4, 0.5) is 0 Å². The average Bonchev–Trinajstić information content (AvgIpc) is 3.06. The number of nitrogens with zero attached hydrogens (tertiary/aromatic N) is 1. The van der Waals surface area contributed by atoms with Gasteiger partial charge in [0.2, 0.25) is 0 Å². The Morgan fingerprint density at radius 2 is 1.02 bits per heavy atom. The van der Waals surface area contributed by atoms with Crippen molar-refractivity contribution in [3.8, 4) is 0 Å². The van der Waals surface area contributed by atoms with Crippen molar-refractivity contribution in [1.82, 2.24) is 4.90 Å². The molecule has 0 rings (SSSR count). The predicted octanol–water partition coefficient (Wildman–Crippen LogP) is 12.8. The third-order valence-electron chi connectivity index (χ3n) is 9.82. The summed E-state index contributed by atoms with van der Waals surface area (Å²) in [5.74, 6) is 0.103. The third kappa shape index (κ3) is 29.3. The van der Waals surface area contributed by atoms with Gasteiger partial charge in [-0.2, -0.15) is 0 Å². The van der Waals surface area contributed by atoms with Gasteiger partial charge in [-0.1, -0.05) is 162 Å². The van der Waals surface area contributed by atoms with Crippen LogP contribution in [0.1, 0.15) is 214 Å². The zero-order valence-corrected chi connectivity index (χ0v) is 31.9. The van der Waals surface area contributed by atoms with Gasteiger partial charge < -0.3 is 9.84 Å². The van der Waals surface area contributed by atoms with Crippen LogP contribution < -0.4 is 0 Å². The molecule has 4 heteroatoms. The van der Waals surface area contributed by atoms with Crippen LogP contribution in [0.3, 0.4) is 0 Å². The maximum absolute atomic E-state index is 13.0. The van der Waals surface area contributed by atoms with Crippen molar-refractivity contribution in [2.24, 2.45) is 5.92 Å². The molecular formula is C42H83NO3. The highest BCUT2D eigenvalue weighted by Crippen LogP contribution is 2.23. The lowest BCUT2D eigenvalue weighted by atomic mass is 9.92. The van der Waals surface area contributed by atoms with Crippen LogP contribution in [0.15, 0.2) is 12.2 Å². The van der Waals surface area contributed by atoms with Gasteiger partial charge in [-0.05, 0) is 70.8 Å². The second-order valence-electron chi connectivity index (χ2n) is 14.2. The fourth-order valence-corrected chi connectivity index (χ4v) is 6.73. The third-order valence-corrected chi connectivity index (χ3v) is 9.82. The van der Waals surface area contributed by atoms with Gasteiger partial charge in [-0.25, -0.2) is 0 Å². The topological polar surface area (TPSA) is 49.8 Å². The number of ether oxygens (including phenoxy) is 1. The molecule has 0 radical (unpaired) electrons. The molecular weight excluding hydrogens is 566 g/mol. The van der Waals surface area contributed by atoms with E-state index in [0.29, 0.717) is 12.6 Å². The van der Waals surface area contributed by atoms with E-state index < -0.39 is 0 Å². The minimum absolute atomic E-state index is 0.0505. The number of aliphatic hydroxyl groups is 1. The van der Waals surface area contributed by atoms with E-state index in [1.165, 1.54) is 141 Å². The highest BCUT2D eigenvalue weighted by atomic mass is 16.5. The van der Waals surface area contributed by atoms with Crippen LogP contribution in [-0.4, -0.2) is 48.3 Å². The Balaban J connectivity index is 4.50. The summed E-state index contributed by atoms with van der Waals surface area (Å²) in [4.78, 5) is 15.6. The summed E-state index contributed by atoms with van der Waals surface area (Å²) < 4.78 is 5.77. The molecule has 0 bridgehead atoms. The van der Waals surface area contributed by atoms with E-state index in [-0.39, 0.29) is 18.5 Å². The first kappa shape index (κ1) is 45.1. The number of allylic oxidation sites excluding steroid dienone is 2. The summed E-state index contributed by atoms with van der Waals surface area (Å²) in [6.45, 7) is 11.7. The van der Waals surface area contributed by atoms with E-state index >= 15 is 0 Å². The monoisotopic (exact) mass is 650 g/mol. The Hall–Kier alpha value is -0.870. The Bertz CT molecular complexity index is 636. The number of esters is 1. The quantitative estimate of drug-likeness (QED) is 0.0413. The number of aliphatic hydroxyl groups excluding tert-OH is 1. The zero-order chi connectivity index (χ0) is 33.8. The van der Waals surface area contributed by atoms with E-state index in [1.807, 2.05) is 0 Å². The summed E-state index contributed by atoms with van der Waals surface area (Å²) in [6, 6.07) is 0.515. The van der Waals surface area contributed by atoms with Crippen molar-refractivity contribution in [3.63, 3.8) is 0 Å². The molecule has 0 spiro atoms. The first-order valence-electron chi connectivity index (χ1n) is 20.8. The molecule has 0 fully saturated rings. The van der Waals surface area contributed by atoms with Crippen molar-refractivity contribution in [1.29, 1.82) is 0 Å². The average molecular weight is 650 g/mol. The van der Waals surface area contributed by atoms with Crippen LogP contribution in [0, 0.1) is 5.92 Å². The molecule has 0 aromatic carbocycles. The summed E-state index contributed by atoms with van der Waals surface area (Å²) in [6.07, 6.45) is 40.7. The van der Waals surface area contributed by atoms with Gasteiger partial charge in [0.25, 0.3) is 0 Å². The number of rotatable bonds is 37. The van der Waals surface area contributed by atoms with Gasteiger partial charge in [-0.3, -0.25) is 9.69 Å². The lowest BCUT2D eigenvalue weighted by Gasteiger charge is -2.32. The molecule has 0 aliphatic carbocycles. The summed E-state index contributed by atoms with van der Waals surface area (Å²) in [7, 11) is 0. The molecule has 2 atom stereocenters. The summed E-state index contributed by atoms with van der Waals surface area (Å²) in [5.41, 5.74) is 0. The second-order valence-corrected chi connectivity index (χ2v) is 14.2. The molecule has 0 saturated carbocycles. The number of hydrogen-bond acceptors (Lipinski definition) is 4. The van der Waals surface area contributed by atoms with E-state index in [2.05, 4.69) is 44.7 Å². The van der Waals surface area contributed by atoms with Gasteiger partial charge in [0.1, 0.15) is 0 Å². The fraction of sp³-hybridized carbons (Fsp3) is 0.929. The van der Waals surface area contributed by atoms with Crippen molar-refractivity contribution in [2.75, 3.05) is 26.3 Å².